The van der Waals surface area contributed by atoms with Gasteiger partial charge in [-0.05, 0) is 31.5 Å². The van der Waals surface area contributed by atoms with Crippen LogP contribution in [0, 0.1) is 0 Å². The number of urea groups is 1. The maximum absolute atomic E-state index is 12.8. The van der Waals surface area contributed by atoms with E-state index in [4.69, 9.17) is 17.3 Å². The molecule has 23 heavy (non-hydrogen) atoms. The van der Waals surface area contributed by atoms with Gasteiger partial charge in [0, 0.05) is 18.1 Å². The summed E-state index contributed by atoms with van der Waals surface area (Å²) < 4.78 is 0. The third-order valence-corrected chi connectivity index (χ3v) is 4.12. The first-order valence-electron chi connectivity index (χ1n) is 7.06. The molecule has 8 heteroatoms. The minimum atomic E-state index is -2.26. The fourth-order valence-electron chi connectivity index (χ4n) is 2.67. The van der Waals surface area contributed by atoms with Crippen LogP contribution in [0.25, 0.3) is 0 Å². The van der Waals surface area contributed by atoms with Gasteiger partial charge in [0.2, 0.25) is 11.3 Å². The Hall–Kier alpha value is -2.41. The highest BCUT2D eigenvalue weighted by atomic mass is 35.5. The molecular weight excluding hydrogens is 322 g/mol. The molecule has 0 aromatic heterocycles. The number of likely N-dealkylation sites (N-methyl/N-ethyl adjacent to an activating group) is 2. The number of hydrogen-bond donors (Lipinski definition) is 1. The van der Waals surface area contributed by atoms with Gasteiger partial charge in [0.05, 0.1) is 0 Å². The van der Waals surface area contributed by atoms with E-state index in [-0.39, 0.29) is 18.7 Å². The number of carbonyl (C=O) groups is 4. The molecule has 1 aromatic carbocycles. The molecule has 2 rings (SSSR count). The maximum Gasteiger partial charge on any atom is 0.333 e. The second kappa shape index (κ2) is 6.00. The number of nitrogens with zero attached hydrogens (tertiary/aromatic N) is 2. The Morgan fingerprint density at radius 1 is 1.04 bits per heavy atom. The lowest BCUT2D eigenvalue weighted by Crippen LogP contribution is -2.71. The summed E-state index contributed by atoms with van der Waals surface area (Å²) in [5.74, 6) is -3.00. The Morgan fingerprint density at radius 3 is 1.83 bits per heavy atom. The molecule has 0 radical (unpaired) electrons. The number of primary amides is 1. The average molecular weight is 338 g/mol. The zero-order valence-corrected chi connectivity index (χ0v) is 13.5. The van der Waals surface area contributed by atoms with Crippen molar-refractivity contribution in [2.75, 3.05) is 13.1 Å². The number of barbiturate groups is 1. The van der Waals surface area contributed by atoms with Crippen molar-refractivity contribution in [1.82, 2.24) is 9.80 Å². The Bertz CT molecular complexity index is 660. The van der Waals surface area contributed by atoms with Gasteiger partial charge in [0.15, 0.2) is 0 Å². The van der Waals surface area contributed by atoms with Crippen LogP contribution in [0.15, 0.2) is 24.3 Å². The van der Waals surface area contributed by atoms with Crippen LogP contribution in [0.2, 0.25) is 5.02 Å². The van der Waals surface area contributed by atoms with Crippen LogP contribution in [-0.4, -0.2) is 46.6 Å². The highest BCUT2D eigenvalue weighted by molar-refractivity contribution is 6.34. The predicted molar refractivity (Wildman–Crippen MR) is 82.5 cm³/mol. The quantitative estimate of drug-likeness (QED) is 0.824. The topological polar surface area (TPSA) is 101 Å². The third kappa shape index (κ3) is 2.28. The minimum Gasteiger partial charge on any atom is -0.368 e. The number of halogens is 1. The van der Waals surface area contributed by atoms with Crippen LogP contribution in [0.4, 0.5) is 4.79 Å². The van der Waals surface area contributed by atoms with Crippen LogP contribution in [0.1, 0.15) is 19.4 Å². The lowest BCUT2D eigenvalue weighted by molar-refractivity contribution is -0.156. The van der Waals surface area contributed by atoms with Gasteiger partial charge in [-0.25, -0.2) is 4.79 Å². The SMILES string of the molecule is CCN1C(=O)N(CC)C(=O)C(C(N)=O)(c2ccc(Cl)cc2)C1=O. The summed E-state index contributed by atoms with van der Waals surface area (Å²) in [6, 6.07) is 4.92. The predicted octanol–water partition coefficient (Wildman–Crippen LogP) is 0.894. The van der Waals surface area contributed by atoms with E-state index < -0.39 is 29.2 Å². The number of rotatable bonds is 4. The first kappa shape index (κ1) is 17.0. The molecule has 0 unspecified atom stereocenters. The smallest absolute Gasteiger partial charge is 0.333 e. The number of imide groups is 2. The Balaban J connectivity index is 2.75. The minimum absolute atomic E-state index is 0.0179. The van der Waals surface area contributed by atoms with E-state index in [2.05, 4.69) is 0 Å². The molecule has 1 aromatic rings. The van der Waals surface area contributed by atoms with E-state index in [1.807, 2.05) is 0 Å². The van der Waals surface area contributed by atoms with Gasteiger partial charge >= 0.3 is 6.03 Å². The summed E-state index contributed by atoms with van der Waals surface area (Å²) in [5, 5.41) is 0.375. The van der Waals surface area contributed by atoms with Crippen LogP contribution in [0.3, 0.4) is 0 Å². The highest BCUT2D eigenvalue weighted by Gasteiger charge is 2.62. The Morgan fingerprint density at radius 2 is 1.48 bits per heavy atom. The second-order valence-electron chi connectivity index (χ2n) is 5.00. The molecule has 1 fully saturated rings. The van der Waals surface area contributed by atoms with E-state index in [1.54, 1.807) is 13.8 Å². The molecule has 122 valence electrons. The number of carbonyl (C=O) groups excluding carboxylic acids is 4. The molecule has 0 saturated carbocycles. The van der Waals surface area contributed by atoms with Gasteiger partial charge in [0.1, 0.15) is 0 Å². The van der Waals surface area contributed by atoms with E-state index >= 15 is 0 Å². The zero-order chi connectivity index (χ0) is 17.4. The average Bonchev–Trinajstić information content (AvgIpc) is 2.50. The van der Waals surface area contributed by atoms with Crippen molar-refractivity contribution in [3.63, 3.8) is 0 Å². The summed E-state index contributed by atoms with van der Waals surface area (Å²) in [5.41, 5.74) is 3.29. The highest BCUT2D eigenvalue weighted by Crippen LogP contribution is 2.34. The third-order valence-electron chi connectivity index (χ3n) is 3.87. The molecule has 0 spiro atoms. The summed E-state index contributed by atoms with van der Waals surface area (Å²) in [6.45, 7) is 3.19. The fraction of sp³-hybridized carbons (Fsp3) is 0.333. The number of nitrogens with two attached hydrogens (primary N) is 1. The lowest BCUT2D eigenvalue weighted by atomic mass is 9.75. The first-order chi connectivity index (χ1) is 10.8. The van der Waals surface area contributed by atoms with Gasteiger partial charge in [-0.2, -0.15) is 0 Å². The van der Waals surface area contributed by atoms with Crippen LogP contribution in [0.5, 0.6) is 0 Å². The summed E-state index contributed by atoms with van der Waals surface area (Å²) >= 11 is 5.82. The summed E-state index contributed by atoms with van der Waals surface area (Å²) in [4.78, 5) is 51.8. The second-order valence-corrected chi connectivity index (χ2v) is 5.44. The van der Waals surface area contributed by atoms with Gasteiger partial charge in [-0.1, -0.05) is 23.7 Å². The monoisotopic (exact) mass is 337 g/mol. The molecule has 7 nitrogen and oxygen atoms in total. The van der Waals surface area contributed by atoms with Crippen LogP contribution >= 0.6 is 11.6 Å². The molecule has 1 aliphatic rings. The molecule has 5 amide bonds. The number of amides is 5. The van der Waals surface area contributed by atoms with Crippen LogP contribution in [-0.2, 0) is 19.8 Å². The fourth-order valence-corrected chi connectivity index (χ4v) is 2.80. The van der Waals surface area contributed by atoms with Crippen molar-refractivity contribution in [3.05, 3.63) is 34.9 Å². The van der Waals surface area contributed by atoms with Crippen LogP contribution < -0.4 is 5.73 Å². The lowest BCUT2D eigenvalue weighted by Gasteiger charge is -2.41. The molecule has 1 aliphatic heterocycles. The van der Waals surface area contributed by atoms with Gasteiger partial charge < -0.3 is 5.73 Å². The molecule has 1 heterocycles. The number of benzene rings is 1. The van der Waals surface area contributed by atoms with Gasteiger partial charge in [0.25, 0.3) is 11.8 Å². The van der Waals surface area contributed by atoms with E-state index in [9.17, 15) is 19.2 Å². The molecule has 2 N–H and O–H groups in total. The van der Waals surface area contributed by atoms with E-state index in [0.717, 1.165) is 9.80 Å². The molecule has 0 bridgehead atoms. The normalized spacial score (nSPS) is 17.6. The van der Waals surface area contributed by atoms with Gasteiger partial charge in [-0.3, -0.25) is 24.2 Å². The number of hydrogen-bond acceptors (Lipinski definition) is 4. The van der Waals surface area contributed by atoms with E-state index in [0.29, 0.717) is 5.02 Å². The largest absolute Gasteiger partial charge is 0.368 e. The Labute approximate surface area is 138 Å². The van der Waals surface area contributed by atoms with Crippen molar-refractivity contribution in [3.8, 4) is 0 Å². The Kier molecular flexibility index (Phi) is 4.42. The standard InChI is InChI=1S/C15H16ClN3O4/c1-3-18-12(21)15(11(17)20,9-5-7-10(16)8-6-9)13(22)19(4-2)14(18)23/h5-8H,3-4H2,1-2H3,(H2,17,20). The molecular formula is C15H16ClN3O4. The molecule has 0 aliphatic carbocycles. The summed E-state index contributed by atoms with van der Waals surface area (Å²) in [7, 11) is 0. The molecule has 0 atom stereocenters. The summed E-state index contributed by atoms with van der Waals surface area (Å²) in [6.07, 6.45) is 0. The van der Waals surface area contributed by atoms with Crippen molar-refractivity contribution in [2.45, 2.75) is 19.3 Å². The van der Waals surface area contributed by atoms with Gasteiger partial charge in [-0.15, -0.1) is 0 Å². The van der Waals surface area contributed by atoms with Crippen molar-refractivity contribution >= 4 is 35.4 Å². The van der Waals surface area contributed by atoms with E-state index in [1.165, 1.54) is 24.3 Å². The maximum atomic E-state index is 12.8. The first-order valence-corrected chi connectivity index (χ1v) is 7.43. The van der Waals surface area contributed by atoms with Crippen molar-refractivity contribution < 1.29 is 19.2 Å². The zero-order valence-electron chi connectivity index (χ0n) is 12.7. The van der Waals surface area contributed by atoms with Crippen molar-refractivity contribution in [1.29, 1.82) is 0 Å². The van der Waals surface area contributed by atoms with Crippen molar-refractivity contribution in [2.24, 2.45) is 5.73 Å². The molecule has 1 saturated heterocycles.